The van der Waals surface area contributed by atoms with Gasteiger partial charge in [0.15, 0.2) is 0 Å². The van der Waals surface area contributed by atoms with Gasteiger partial charge in [0.25, 0.3) is 15.9 Å². The first-order valence-electron chi connectivity index (χ1n) is 8.44. The normalized spacial score (nSPS) is 11.1. The molecule has 0 spiro atoms. The fourth-order valence-electron chi connectivity index (χ4n) is 2.64. The topological polar surface area (TPSA) is 75.7 Å². The molecular weight excluding hydrogens is 396 g/mol. The van der Waals surface area contributed by atoms with Crippen LogP contribution in [0.25, 0.3) is 0 Å². The van der Waals surface area contributed by atoms with E-state index >= 15 is 0 Å². The molecule has 2 aromatic carbocycles. The second-order valence-electron chi connectivity index (χ2n) is 6.07. The lowest BCUT2D eigenvalue weighted by Crippen LogP contribution is -2.25. The number of para-hydroxylation sites is 2. The second kappa shape index (κ2) is 8.45. The van der Waals surface area contributed by atoms with Crippen LogP contribution in [0.1, 0.15) is 15.2 Å². The predicted octanol–water partition coefficient (Wildman–Crippen LogP) is 3.83. The number of nitrogens with zero attached hydrogens (tertiary/aromatic N) is 1. The number of benzene rings is 2. The summed E-state index contributed by atoms with van der Waals surface area (Å²) < 4.78 is 33.0. The first kappa shape index (κ1) is 19.9. The maximum Gasteiger partial charge on any atom is 0.262 e. The number of carbonyl (C=O) groups is 1. The monoisotopic (exact) mass is 416 g/mol. The number of amides is 1. The highest BCUT2D eigenvalue weighted by Gasteiger charge is 2.18. The summed E-state index contributed by atoms with van der Waals surface area (Å²) in [5.41, 5.74) is 0.774. The second-order valence-corrected chi connectivity index (χ2v) is 8.79. The fourth-order valence-corrected chi connectivity index (χ4v) is 4.47. The van der Waals surface area contributed by atoms with E-state index < -0.39 is 10.0 Å². The lowest BCUT2D eigenvalue weighted by Gasteiger charge is -2.16. The molecule has 0 saturated carbocycles. The Bertz CT molecular complexity index is 1050. The van der Waals surface area contributed by atoms with Crippen LogP contribution >= 0.6 is 11.3 Å². The Balaban J connectivity index is 1.74. The molecule has 1 aromatic heterocycles. The van der Waals surface area contributed by atoms with Gasteiger partial charge in [0.05, 0.1) is 24.2 Å². The molecule has 0 aliphatic carbocycles. The fraction of sp³-hybridized carbons (Fsp3) is 0.150. The average Bonchev–Trinajstić information content (AvgIpc) is 3.20. The average molecular weight is 417 g/mol. The lowest BCUT2D eigenvalue weighted by molar-refractivity contribution is 0.0786. The molecule has 1 N–H and O–H groups in total. The molecule has 0 fully saturated rings. The van der Waals surface area contributed by atoms with Crippen molar-refractivity contribution in [2.24, 2.45) is 0 Å². The van der Waals surface area contributed by atoms with Gasteiger partial charge in [0, 0.05) is 17.5 Å². The molecule has 8 heteroatoms. The number of carbonyl (C=O) groups excluding carboxylic acids is 1. The number of ether oxygens (including phenoxy) is 1. The third kappa shape index (κ3) is 4.52. The van der Waals surface area contributed by atoms with Crippen LogP contribution in [-0.4, -0.2) is 33.4 Å². The van der Waals surface area contributed by atoms with Gasteiger partial charge >= 0.3 is 0 Å². The lowest BCUT2D eigenvalue weighted by atomic mass is 10.2. The molecule has 0 unspecified atom stereocenters. The first-order valence-corrected chi connectivity index (χ1v) is 10.8. The largest absolute Gasteiger partial charge is 0.495 e. The molecule has 1 heterocycles. The number of thiophene rings is 1. The predicted molar refractivity (Wildman–Crippen MR) is 110 cm³/mol. The smallest absolute Gasteiger partial charge is 0.262 e. The van der Waals surface area contributed by atoms with Crippen molar-refractivity contribution >= 4 is 33.0 Å². The Morgan fingerprint density at radius 1 is 1.07 bits per heavy atom. The maximum atomic E-state index is 12.6. The van der Waals surface area contributed by atoms with Crippen molar-refractivity contribution in [2.75, 3.05) is 18.9 Å². The van der Waals surface area contributed by atoms with Crippen LogP contribution in [0.3, 0.4) is 0 Å². The standard InChI is InChI=1S/C20H20N2O4S2/c1-22(14-16-6-5-13-27-16)20(23)15-9-11-17(12-10-15)28(24,25)21-18-7-3-4-8-19(18)26-2/h3-13,21H,14H2,1-2H3. The van der Waals surface area contributed by atoms with E-state index in [0.29, 0.717) is 23.5 Å². The van der Waals surface area contributed by atoms with Gasteiger partial charge in [-0.25, -0.2) is 8.42 Å². The van der Waals surface area contributed by atoms with Crippen molar-refractivity contribution in [1.29, 1.82) is 0 Å². The minimum atomic E-state index is -3.80. The molecule has 0 aliphatic heterocycles. The zero-order valence-electron chi connectivity index (χ0n) is 15.5. The molecule has 3 aromatic rings. The van der Waals surface area contributed by atoms with Gasteiger partial charge < -0.3 is 9.64 Å². The van der Waals surface area contributed by atoms with Crippen LogP contribution in [0.15, 0.2) is 70.9 Å². The summed E-state index contributed by atoms with van der Waals surface area (Å²) in [5.74, 6) is 0.253. The van der Waals surface area contributed by atoms with Crippen LogP contribution in [0.4, 0.5) is 5.69 Å². The Hall–Kier alpha value is -2.84. The third-order valence-electron chi connectivity index (χ3n) is 4.08. The van der Waals surface area contributed by atoms with Gasteiger partial charge in [-0.3, -0.25) is 9.52 Å². The molecule has 1 amide bonds. The van der Waals surface area contributed by atoms with Crippen molar-refractivity contribution in [3.63, 3.8) is 0 Å². The van der Waals surface area contributed by atoms with Crippen LogP contribution in [0.2, 0.25) is 0 Å². The number of hydrogen-bond acceptors (Lipinski definition) is 5. The Labute approximate surface area is 168 Å². The molecule has 146 valence electrons. The van der Waals surface area contributed by atoms with E-state index in [1.807, 2.05) is 17.5 Å². The number of sulfonamides is 1. The van der Waals surface area contributed by atoms with Crippen LogP contribution in [0.5, 0.6) is 5.75 Å². The zero-order chi connectivity index (χ0) is 20.1. The summed E-state index contributed by atoms with van der Waals surface area (Å²) in [7, 11) is -0.612. The summed E-state index contributed by atoms with van der Waals surface area (Å²) >= 11 is 1.58. The molecule has 0 atom stereocenters. The van der Waals surface area contributed by atoms with Gasteiger partial charge in [0.1, 0.15) is 5.75 Å². The number of nitrogens with one attached hydrogen (secondary N) is 1. The molecule has 0 aliphatic rings. The van der Waals surface area contributed by atoms with Gasteiger partial charge in [0.2, 0.25) is 0 Å². The Morgan fingerprint density at radius 2 is 1.79 bits per heavy atom. The summed E-state index contributed by atoms with van der Waals surface area (Å²) in [4.78, 5) is 15.3. The minimum absolute atomic E-state index is 0.0656. The van der Waals surface area contributed by atoms with E-state index in [1.54, 1.807) is 47.5 Å². The minimum Gasteiger partial charge on any atom is -0.495 e. The van der Waals surface area contributed by atoms with Crippen molar-refractivity contribution in [2.45, 2.75) is 11.4 Å². The highest BCUT2D eigenvalue weighted by atomic mass is 32.2. The first-order chi connectivity index (χ1) is 13.4. The maximum absolute atomic E-state index is 12.6. The summed E-state index contributed by atoms with van der Waals surface area (Å²) in [6.45, 7) is 0.506. The molecule has 0 saturated heterocycles. The Kier molecular flexibility index (Phi) is 6.01. The third-order valence-corrected chi connectivity index (χ3v) is 6.33. The van der Waals surface area contributed by atoms with E-state index in [-0.39, 0.29) is 10.8 Å². The molecule has 0 bridgehead atoms. The number of rotatable bonds is 7. The van der Waals surface area contributed by atoms with E-state index in [2.05, 4.69) is 4.72 Å². The number of anilines is 1. The van der Waals surface area contributed by atoms with Crippen molar-refractivity contribution in [3.8, 4) is 5.75 Å². The van der Waals surface area contributed by atoms with Gasteiger partial charge in [-0.2, -0.15) is 0 Å². The molecule has 3 rings (SSSR count). The van der Waals surface area contributed by atoms with Gasteiger partial charge in [-0.1, -0.05) is 18.2 Å². The zero-order valence-corrected chi connectivity index (χ0v) is 17.1. The van der Waals surface area contributed by atoms with Crippen molar-refractivity contribution in [1.82, 2.24) is 4.90 Å². The van der Waals surface area contributed by atoms with Crippen molar-refractivity contribution < 1.29 is 17.9 Å². The summed E-state index contributed by atoms with van der Waals surface area (Å²) in [6.07, 6.45) is 0. The van der Waals surface area contributed by atoms with Crippen molar-refractivity contribution in [3.05, 3.63) is 76.5 Å². The van der Waals surface area contributed by atoms with E-state index in [9.17, 15) is 13.2 Å². The SMILES string of the molecule is COc1ccccc1NS(=O)(=O)c1ccc(C(=O)N(C)Cc2cccs2)cc1. The van der Waals surface area contributed by atoms with Crippen LogP contribution < -0.4 is 9.46 Å². The van der Waals surface area contributed by atoms with E-state index in [4.69, 9.17) is 4.74 Å². The van der Waals surface area contributed by atoms with E-state index in [0.717, 1.165) is 4.88 Å². The highest BCUT2D eigenvalue weighted by Crippen LogP contribution is 2.26. The van der Waals surface area contributed by atoms with Gasteiger partial charge in [-0.15, -0.1) is 11.3 Å². The number of hydrogen-bond donors (Lipinski definition) is 1. The summed E-state index contributed by atoms with van der Waals surface area (Å²) in [6, 6.07) is 16.5. The Morgan fingerprint density at radius 3 is 2.43 bits per heavy atom. The van der Waals surface area contributed by atoms with Gasteiger partial charge in [-0.05, 0) is 47.8 Å². The quantitative estimate of drug-likeness (QED) is 0.635. The molecule has 0 radical (unpaired) electrons. The highest BCUT2D eigenvalue weighted by molar-refractivity contribution is 7.92. The molecular formula is C20H20N2O4S2. The molecule has 6 nitrogen and oxygen atoms in total. The van der Waals surface area contributed by atoms with Crippen LogP contribution in [0, 0.1) is 0 Å². The summed E-state index contributed by atoms with van der Waals surface area (Å²) in [5, 5.41) is 1.96. The van der Waals surface area contributed by atoms with E-state index in [1.165, 1.54) is 31.4 Å². The van der Waals surface area contributed by atoms with Crippen LogP contribution in [-0.2, 0) is 16.6 Å². The number of methoxy groups -OCH3 is 1. The molecule has 28 heavy (non-hydrogen) atoms.